The molecule has 1 aromatic rings. The maximum absolute atomic E-state index is 11.4. The number of nitrogens with one attached hydrogen (secondary N) is 1. The standard InChI is InChI=1S/C9H12N2O6/c12-3-4-6(14)7(15)8(17-4)11-2-1-5(13)10-9(11)16/h1-2,4,6-8,12,14-15H,3H2,(H,10,13,16)/t4-,6-,7+,8?/m0/s1. The molecule has 4 N–H and O–H groups in total. The molecule has 1 aromatic heterocycles. The summed E-state index contributed by atoms with van der Waals surface area (Å²) in [5.41, 5.74) is -1.33. The average molecular weight is 244 g/mol. The number of ether oxygens (including phenoxy) is 1. The van der Waals surface area contributed by atoms with E-state index in [1.165, 1.54) is 0 Å². The van der Waals surface area contributed by atoms with Crippen LogP contribution in [-0.4, -0.2) is 49.8 Å². The Balaban J connectivity index is 2.35. The van der Waals surface area contributed by atoms with Gasteiger partial charge in [-0.3, -0.25) is 14.3 Å². The Morgan fingerprint density at radius 1 is 1.35 bits per heavy atom. The van der Waals surface area contributed by atoms with Crippen molar-refractivity contribution in [1.29, 1.82) is 0 Å². The summed E-state index contributed by atoms with van der Waals surface area (Å²) in [6.45, 7) is -0.479. The third kappa shape index (κ3) is 2.03. The summed E-state index contributed by atoms with van der Waals surface area (Å²) in [6.07, 6.45) is -3.58. The number of H-pyrrole nitrogens is 1. The van der Waals surface area contributed by atoms with Crippen LogP contribution in [0.1, 0.15) is 6.23 Å². The van der Waals surface area contributed by atoms with Gasteiger partial charge in [0.2, 0.25) is 0 Å². The summed E-state index contributed by atoms with van der Waals surface area (Å²) in [5, 5.41) is 28.1. The van der Waals surface area contributed by atoms with Crippen LogP contribution in [-0.2, 0) is 4.74 Å². The molecular formula is C9H12N2O6. The molecule has 2 heterocycles. The Morgan fingerprint density at radius 3 is 2.59 bits per heavy atom. The second kappa shape index (κ2) is 4.41. The van der Waals surface area contributed by atoms with E-state index in [2.05, 4.69) is 0 Å². The van der Waals surface area contributed by atoms with Gasteiger partial charge in [-0.25, -0.2) is 4.79 Å². The summed E-state index contributed by atoms with van der Waals surface area (Å²) in [4.78, 5) is 24.3. The van der Waals surface area contributed by atoms with Gasteiger partial charge >= 0.3 is 5.69 Å². The molecule has 0 amide bonds. The fourth-order valence-corrected chi connectivity index (χ4v) is 1.74. The zero-order valence-electron chi connectivity index (χ0n) is 8.68. The third-order valence-electron chi connectivity index (χ3n) is 2.64. The van der Waals surface area contributed by atoms with Crippen molar-refractivity contribution in [2.24, 2.45) is 0 Å². The van der Waals surface area contributed by atoms with E-state index >= 15 is 0 Å². The first kappa shape index (κ1) is 12.0. The maximum Gasteiger partial charge on any atom is 0.330 e. The van der Waals surface area contributed by atoms with Crippen LogP contribution in [0.25, 0.3) is 0 Å². The number of aliphatic hydroxyl groups excluding tert-OH is 3. The maximum atomic E-state index is 11.4. The minimum atomic E-state index is -1.35. The predicted molar refractivity (Wildman–Crippen MR) is 54.3 cm³/mol. The number of hydrogen-bond donors (Lipinski definition) is 4. The Bertz CT molecular complexity index is 509. The second-order valence-electron chi connectivity index (χ2n) is 3.75. The molecule has 0 aliphatic carbocycles. The Labute approximate surface area is 94.7 Å². The van der Waals surface area contributed by atoms with Crippen LogP contribution >= 0.6 is 0 Å². The van der Waals surface area contributed by atoms with Crippen molar-refractivity contribution < 1.29 is 20.1 Å². The number of aromatic nitrogens is 2. The van der Waals surface area contributed by atoms with E-state index in [4.69, 9.17) is 9.84 Å². The summed E-state index contributed by atoms with van der Waals surface area (Å²) in [6, 6.07) is 1.09. The van der Waals surface area contributed by atoms with E-state index in [-0.39, 0.29) is 0 Å². The van der Waals surface area contributed by atoms with Crippen LogP contribution in [0.4, 0.5) is 0 Å². The Morgan fingerprint density at radius 2 is 2.06 bits per heavy atom. The van der Waals surface area contributed by atoms with Crippen molar-refractivity contribution >= 4 is 0 Å². The Kier molecular flexibility index (Phi) is 3.11. The van der Waals surface area contributed by atoms with Gasteiger partial charge in [-0.05, 0) is 0 Å². The smallest absolute Gasteiger partial charge is 0.330 e. The highest BCUT2D eigenvalue weighted by Gasteiger charge is 2.43. The second-order valence-corrected chi connectivity index (χ2v) is 3.75. The van der Waals surface area contributed by atoms with Crippen LogP contribution in [0.2, 0.25) is 0 Å². The van der Waals surface area contributed by atoms with Crippen molar-refractivity contribution in [3.63, 3.8) is 0 Å². The van der Waals surface area contributed by atoms with Crippen LogP contribution in [0.5, 0.6) is 0 Å². The quantitative estimate of drug-likeness (QED) is 0.444. The number of nitrogens with zero attached hydrogens (tertiary/aromatic N) is 1. The molecular weight excluding hydrogens is 232 g/mol. The zero-order chi connectivity index (χ0) is 12.6. The topological polar surface area (TPSA) is 125 Å². The molecule has 1 unspecified atom stereocenters. The molecule has 0 bridgehead atoms. The van der Waals surface area contributed by atoms with Gasteiger partial charge in [0, 0.05) is 12.3 Å². The van der Waals surface area contributed by atoms with E-state index in [1.807, 2.05) is 4.98 Å². The number of rotatable bonds is 2. The lowest BCUT2D eigenvalue weighted by Gasteiger charge is -2.16. The van der Waals surface area contributed by atoms with E-state index in [0.29, 0.717) is 0 Å². The van der Waals surface area contributed by atoms with E-state index in [9.17, 15) is 19.8 Å². The highest BCUT2D eigenvalue weighted by Crippen LogP contribution is 2.27. The lowest BCUT2D eigenvalue weighted by molar-refractivity contribution is -0.0550. The molecule has 8 heteroatoms. The van der Waals surface area contributed by atoms with E-state index < -0.39 is 42.4 Å². The average Bonchev–Trinajstić information content (AvgIpc) is 2.57. The highest BCUT2D eigenvalue weighted by atomic mass is 16.6. The summed E-state index contributed by atoms with van der Waals surface area (Å²) in [5.74, 6) is 0. The molecule has 17 heavy (non-hydrogen) atoms. The zero-order valence-corrected chi connectivity index (χ0v) is 8.68. The van der Waals surface area contributed by atoms with Crippen LogP contribution in [0.15, 0.2) is 21.9 Å². The number of hydrogen-bond acceptors (Lipinski definition) is 6. The Hall–Kier alpha value is -1.48. The third-order valence-corrected chi connectivity index (χ3v) is 2.64. The molecule has 0 radical (unpaired) electrons. The molecule has 0 saturated carbocycles. The molecule has 4 atom stereocenters. The SMILES string of the molecule is O=c1ccn(C2O[C@@H](CO)[C@H](O)[C@H]2O)c(=O)[nH]1. The van der Waals surface area contributed by atoms with Crippen LogP contribution in [0, 0.1) is 0 Å². The molecule has 1 aliphatic heterocycles. The van der Waals surface area contributed by atoms with Gasteiger partial charge in [0.25, 0.3) is 5.56 Å². The van der Waals surface area contributed by atoms with Gasteiger partial charge in [0.1, 0.15) is 18.3 Å². The van der Waals surface area contributed by atoms with Crippen LogP contribution < -0.4 is 11.2 Å². The minimum Gasteiger partial charge on any atom is -0.394 e. The van der Waals surface area contributed by atoms with Gasteiger partial charge in [0.15, 0.2) is 6.23 Å². The molecule has 1 saturated heterocycles. The molecule has 1 fully saturated rings. The van der Waals surface area contributed by atoms with Gasteiger partial charge in [-0.2, -0.15) is 0 Å². The van der Waals surface area contributed by atoms with Crippen molar-refractivity contribution in [3.8, 4) is 0 Å². The van der Waals surface area contributed by atoms with Gasteiger partial charge in [-0.1, -0.05) is 0 Å². The summed E-state index contributed by atoms with van der Waals surface area (Å²) >= 11 is 0. The molecule has 0 spiro atoms. The largest absolute Gasteiger partial charge is 0.394 e. The van der Waals surface area contributed by atoms with E-state index in [1.54, 1.807) is 0 Å². The molecule has 8 nitrogen and oxygen atoms in total. The van der Waals surface area contributed by atoms with Gasteiger partial charge < -0.3 is 20.1 Å². The first-order valence-corrected chi connectivity index (χ1v) is 4.98. The minimum absolute atomic E-state index is 0.479. The lowest BCUT2D eigenvalue weighted by Crippen LogP contribution is -2.37. The lowest BCUT2D eigenvalue weighted by atomic mass is 10.1. The van der Waals surface area contributed by atoms with E-state index in [0.717, 1.165) is 16.8 Å². The fraction of sp³-hybridized carbons (Fsp3) is 0.556. The predicted octanol–water partition coefficient (Wildman–Crippen LogP) is -2.85. The monoisotopic (exact) mass is 244 g/mol. The van der Waals surface area contributed by atoms with Crippen molar-refractivity contribution in [2.45, 2.75) is 24.5 Å². The molecule has 0 aromatic carbocycles. The van der Waals surface area contributed by atoms with Gasteiger partial charge in [-0.15, -0.1) is 0 Å². The number of aliphatic hydroxyl groups is 3. The van der Waals surface area contributed by atoms with Gasteiger partial charge in [0.05, 0.1) is 6.61 Å². The molecule has 1 aliphatic rings. The molecule has 94 valence electrons. The van der Waals surface area contributed by atoms with Crippen LogP contribution in [0.3, 0.4) is 0 Å². The normalized spacial score (nSPS) is 32.9. The first-order valence-electron chi connectivity index (χ1n) is 4.98. The molecule has 2 rings (SSSR count). The van der Waals surface area contributed by atoms with Crippen molar-refractivity contribution in [1.82, 2.24) is 9.55 Å². The fourth-order valence-electron chi connectivity index (χ4n) is 1.74. The summed E-state index contributed by atoms with van der Waals surface area (Å²) < 4.78 is 6.08. The van der Waals surface area contributed by atoms with Crippen molar-refractivity contribution in [2.75, 3.05) is 6.61 Å². The highest BCUT2D eigenvalue weighted by molar-refractivity contribution is 4.92. The van der Waals surface area contributed by atoms with Crippen molar-refractivity contribution in [3.05, 3.63) is 33.1 Å². The number of aromatic amines is 1. The summed E-state index contributed by atoms with van der Waals surface area (Å²) in [7, 11) is 0. The first-order chi connectivity index (χ1) is 8.04.